The van der Waals surface area contributed by atoms with Crippen molar-refractivity contribution in [2.45, 2.75) is 46.1 Å². The molecule has 1 aromatic heterocycles. The number of amides is 1. The van der Waals surface area contributed by atoms with Gasteiger partial charge in [-0.3, -0.25) is 4.79 Å². The number of carbonyl (C=O) groups excluding carboxylic acids is 1. The van der Waals surface area contributed by atoms with E-state index in [-0.39, 0.29) is 17.4 Å². The second-order valence-corrected chi connectivity index (χ2v) is 7.14. The van der Waals surface area contributed by atoms with Gasteiger partial charge >= 0.3 is 0 Å². The summed E-state index contributed by atoms with van der Waals surface area (Å²) in [4.78, 5) is 15.2. The van der Waals surface area contributed by atoms with Crippen molar-refractivity contribution in [2.75, 3.05) is 13.7 Å². The number of carbonyl (C=O) groups is 1. The normalized spacial score (nSPS) is 17.8. The molecule has 1 fully saturated rings. The predicted molar refractivity (Wildman–Crippen MR) is 93.8 cm³/mol. The van der Waals surface area contributed by atoms with E-state index in [9.17, 15) is 4.79 Å². The predicted octanol–water partition coefficient (Wildman–Crippen LogP) is 2.71. The number of hydrogen-bond acceptors (Lipinski definition) is 5. The maximum atomic E-state index is 13.2. The van der Waals surface area contributed by atoms with Crippen molar-refractivity contribution in [1.29, 1.82) is 0 Å². The van der Waals surface area contributed by atoms with Crippen molar-refractivity contribution in [2.24, 2.45) is 5.41 Å². The number of methoxy groups -OCH3 is 1. The highest BCUT2D eigenvalue weighted by molar-refractivity contribution is 5.95. The third-order valence-electron chi connectivity index (χ3n) is 5.35. The zero-order valence-electron chi connectivity index (χ0n) is 15.3. The van der Waals surface area contributed by atoms with Gasteiger partial charge < -0.3 is 9.64 Å². The van der Waals surface area contributed by atoms with Gasteiger partial charge in [-0.25, -0.2) is 0 Å². The summed E-state index contributed by atoms with van der Waals surface area (Å²) in [5.41, 5.74) is 1.39. The lowest BCUT2D eigenvalue weighted by atomic mass is 9.80. The Balaban J connectivity index is 1.94. The van der Waals surface area contributed by atoms with Crippen LogP contribution in [0.25, 0.3) is 5.69 Å². The molecule has 2 heterocycles. The highest BCUT2D eigenvalue weighted by atomic mass is 16.5. The summed E-state index contributed by atoms with van der Waals surface area (Å²) < 4.78 is 6.89. The first-order valence-electron chi connectivity index (χ1n) is 8.70. The number of aromatic nitrogens is 4. The van der Waals surface area contributed by atoms with Crippen molar-refractivity contribution in [3.05, 3.63) is 30.1 Å². The zero-order valence-corrected chi connectivity index (χ0v) is 15.3. The molecule has 1 unspecified atom stereocenters. The van der Waals surface area contributed by atoms with Gasteiger partial charge in [-0.1, -0.05) is 20.8 Å². The second kappa shape index (κ2) is 6.82. The number of likely N-dealkylation sites (tertiary alicyclic amines) is 1. The van der Waals surface area contributed by atoms with Crippen molar-refractivity contribution in [1.82, 2.24) is 25.1 Å². The van der Waals surface area contributed by atoms with Crippen LogP contribution in [0.2, 0.25) is 0 Å². The Bertz CT molecular complexity index is 742. The minimum atomic E-state index is 0.0565. The Morgan fingerprint density at radius 1 is 1.40 bits per heavy atom. The number of tetrazole rings is 1. The van der Waals surface area contributed by atoms with E-state index < -0.39 is 0 Å². The average Bonchev–Trinajstić information content (AvgIpc) is 3.32. The van der Waals surface area contributed by atoms with Crippen LogP contribution in [0.3, 0.4) is 0 Å². The molecule has 0 aliphatic carbocycles. The van der Waals surface area contributed by atoms with E-state index in [1.165, 1.54) is 11.0 Å². The third kappa shape index (κ3) is 3.23. The van der Waals surface area contributed by atoms with Crippen LogP contribution in [0, 0.1) is 5.41 Å². The zero-order chi connectivity index (χ0) is 18.0. The number of hydrogen-bond donors (Lipinski definition) is 0. The molecule has 0 bridgehead atoms. The summed E-state index contributed by atoms with van der Waals surface area (Å²) >= 11 is 0. The summed E-state index contributed by atoms with van der Waals surface area (Å²) in [5.74, 6) is 0.678. The fourth-order valence-corrected chi connectivity index (χ4v) is 3.50. The molecule has 7 nitrogen and oxygen atoms in total. The van der Waals surface area contributed by atoms with Crippen LogP contribution in [0.4, 0.5) is 0 Å². The minimum Gasteiger partial charge on any atom is -0.494 e. The molecule has 2 aromatic rings. The Hall–Kier alpha value is -2.44. The molecule has 3 rings (SSSR count). The minimum absolute atomic E-state index is 0.0565. The first kappa shape index (κ1) is 17.4. The van der Waals surface area contributed by atoms with Crippen molar-refractivity contribution in [3.8, 4) is 11.4 Å². The van der Waals surface area contributed by atoms with Crippen LogP contribution in [-0.2, 0) is 0 Å². The number of nitrogens with zero attached hydrogens (tertiary/aromatic N) is 5. The van der Waals surface area contributed by atoms with E-state index in [2.05, 4.69) is 36.3 Å². The van der Waals surface area contributed by atoms with E-state index >= 15 is 0 Å². The Morgan fingerprint density at radius 3 is 2.84 bits per heavy atom. The SMILES string of the molecule is CCC(C)(C)C1CCCN1C(=O)c1ccc(OC)c(-n2cnnn2)c1. The summed E-state index contributed by atoms with van der Waals surface area (Å²) in [7, 11) is 1.59. The summed E-state index contributed by atoms with van der Waals surface area (Å²) in [6.07, 6.45) is 4.64. The van der Waals surface area contributed by atoms with Gasteiger partial charge in [0.1, 0.15) is 17.8 Å². The topological polar surface area (TPSA) is 73.1 Å². The molecule has 7 heteroatoms. The lowest BCUT2D eigenvalue weighted by Crippen LogP contribution is -2.44. The van der Waals surface area contributed by atoms with Crippen LogP contribution < -0.4 is 4.74 Å². The molecule has 25 heavy (non-hydrogen) atoms. The molecule has 1 aliphatic heterocycles. The fourth-order valence-electron chi connectivity index (χ4n) is 3.50. The summed E-state index contributed by atoms with van der Waals surface area (Å²) in [6, 6.07) is 5.67. The molecule has 0 radical (unpaired) electrons. The maximum absolute atomic E-state index is 13.2. The Kier molecular flexibility index (Phi) is 4.74. The number of benzene rings is 1. The molecule has 1 atom stereocenters. The second-order valence-electron chi connectivity index (χ2n) is 7.14. The molecule has 0 N–H and O–H groups in total. The fraction of sp³-hybridized carbons (Fsp3) is 0.556. The van der Waals surface area contributed by atoms with Crippen LogP contribution in [0.1, 0.15) is 50.4 Å². The molecule has 0 saturated carbocycles. The van der Waals surface area contributed by atoms with Gasteiger partial charge in [-0.15, -0.1) is 5.10 Å². The highest BCUT2D eigenvalue weighted by Crippen LogP contribution is 2.37. The number of ether oxygens (including phenoxy) is 1. The van der Waals surface area contributed by atoms with Crippen molar-refractivity contribution >= 4 is 5.91 Å². The molecule has 134 valence electrons. The molecule has 1 aliphatic rings. The first-order valence-corrected chi connectivity index (χ1v) is 8.70. The van der Waals surface area contributed by atoms with Crippen LogP contribution in [-0.4, -0.2) is 50.7 Å². The van der Waals surface area contributed by atoms with E-state index in [0.717, 1.165) is 25.8 Å². The quantitative estimate of drug-likeness (QED) is 0.834. The molecular formula is C18H25N5O2. The Morgan fingerprint density at radius 2 is 2.20 bits per heavy atom. The molecule has 0 spiro atoms. The lowest BCUT2D eigenvalue weighted by Gasteiger charge is -2.37. The first-order chi connectivity index (χ1) is 12.0. The van der Waals surface area contributed by atoms with Gasteiger partial charge in [0.2, 0.25) is 0 Å². The van der Waals surface area contributed by atoms with E-state index in [4.69, 9.17) is 4.74 Å². The third-order valence-corrected chi connectivity index (χ3v) is 5.35. The van der Waals surface area contributed by atoms with E-state index in [0.29, 0.717) is 17.0 Å². The van der Waals surface area contributed by atoms with Crippen molar-refractivity contribution < 1.29 is 9.53 Å². The van der Waals surface area contributed by atoms with Gasteiger partial charge in [-0.05, 0) is 53.3 Å². The largest absolute Gasteiger partial charge is 0.494 e. The van der Waals surface area contributed by atoms with Gasteiger partial charge in [0, 0.05) is 18.2 Å². The summed E-state index contributed by atoms with van der Waals surface area (Å²) in [6.45, 7) is 7.47. The molecule has 1 amide bonds. The molecule has 1 aromatic carbocycles. The summed E-state index contributed by atoms with van der Waals surface area (Å²) in [5, 5.41) is 11.2. The van der Waals surface area contributed by atoms with Gasteiger partial charge in [0.25, 0.3) is 5.91 Å². The molecular weight excluding hydrogens is 318 g/mol. The van der Waals surface area contributed by atoms with Crippen LogP contribution in [0.5, 0.6) is 5.75 Å². The number of rotatable bonds is 5. The van der Waals surface area contributed by atoms with Crippen LogP contribution in [0.15, 0.2) is 24.5 Å². The standard InChI is InChI=1S/C18H25N5O2/c1-5-18(2,3)16-7-6-10-22(16)17(24)13-8-9-15(25-4)14(11-13)23-12-19-20-21-23/h8-9,11-12,16H,5-7,10H2,1-4H3. The molecule has 1 saturated heterocycles. The smallest absolute Gasteiger partial charge is 0.254 e. The lowest BCUT2D eigenvalue weighted by molar-refractivity contribution is 0.0595. The van der Waals surface area contributed by atoms with Gasteiger partial charge in [0.05, 0.1) is 7.11 Å². The van der Waals surface area contributed by atoms with Gasteiger partial charge in [0.15, 0.2) is 0 Å². The van der Waals surface area contributed by atoms with Crippen molar-refractivity contribution in [3.63, 3.8) is 0 Å². The van der Waals surface area contributed by atoms with E-state index in [1.54, 1.807) is 19.2 Å². The highest BCUT2D eigenvalue weighted by Gasteiger charge is 2.38. The average molecular weight is 343 g/mol. The van der Waals surface area contributed by atoms with E-state index in [1.807, 2.05) is 11.0 Å². The maximum Gasteiger partial charge on any atom is 0.254 e. The van der Waals surface area contributed by atoms with Gasteiger partial charge in [-0.2, -0.15) is 4.68 Å². The van der Waals surface area contributed by atoms with Crippen LogP contribution >= 0.6 is 0 Å². The Labute approximate surface area is 148 Å². The monoisotopic (exact) mass is 343 g/mol.